The van der Waals surface area contributed by atoms with Gasteiger partial charge in [0.15, 0.2) is 0 Å². The van der Waals surface area contributed by atoms with Crippen molar-refractivity contribution >= 4 is 32.3 Å². The summed E-state index contributed by atoms with van der Waals surface area (Å²) in [5.41, 5.74) is 3.89. The van der Waals surface area contributed by atoms with Crippen molar-refractivity contribution in [3.05, 3.63) is 114 Å². The smallest absolute Gasteiger partial charge is 0.266 e. The lowest BCUT2D eigenvalue weighted by atomic mass is 9.81. The van der Waals surface area contributed by atoms with Gasteiger partial charge in [0.05, 0.1) is 48.6 Å². The summed E-state index contributed by atoms with van der Waals surface area (Å²) < 4.78 is 43.3. The standard InChI is InChI=1S/C37H36N6O4S/c1-4-47-34-13-11-30(46-3)23-32(34)37(42-19-17-41(18-20-42)29-14-16-39-26(2)21-29)25-43(33-12-10-27(24-38)22-31(33)37)48(44,45)35-9-5-7-28-8-6-15-40-36(28)35/h5-16,21-23H,4,17-20,25H2,1-3H3. The number of anilines is 2. The van der Waals surface area contributed by atoms with Gasteiger partial charge in [0.1, 0.15) is 16.4 Å². The highest BCUT2D eigenvalue weighted by Gasteiger charge is 2.54. The van der Waals surface area contributed by atoms with Crippen molar-refractivity contribution in [1.29, 1.82) is 5.26 Å². The van der Waals surface area contributed by atoms with E-state index < -0.39 is 15.6 Å². The van der Waals surface area contributed by atoms with Crippen LogP contribution in [0.25, 0.3) is 10.9 Å². The van der Waals surface area contributed by atoms with Crippen LogP contribution in [0.3, 0.4) is 0 Å². The highest BCUT2D eigenvalue weighted by atomic mass is 32.2. The van der Waals surface area contributed by atoms with E-state index in [9.17, 15) is 13.7 Å². The van der Waals surface area contributed by atoms with Crippen molar-refractivity contribution in [3.8, 4) is 17.6 Å². The minimum absolute atomic E-state index is 0.0599. The molecule has 48 heavy (non-hydrogen) atoms. The summed E-state index contributed by atoms with van der Waals surface area (Å²) in [7, 11) is -2.53. The molecule has 0 aliphatic carbocycles. The molecule has 0 spiro atoms. The molecular weight excluding hydrogens is 625 g/mol. The third-order valence-electron chi connectivity index (χ3n) is 9.37. The number of rotatable bonds is 8. The number of nitriles is 1. The van der Waals surface area contributed by atoms with Crippen LogP contribution in [0.5, 0.6) is 11.5 Å². The Hall–Kier alpha value is -5.18. The number of nitrogens with zero attached hydrogens (tertiary/aromatic N) is 6. The maximum absolute atomic E-state index is 14.9. The van der Waals surface area contributed by atoms with Crippen molar-refractivity contribution in [2.45, 2.75) is 24.3 Å². The molecule has 1 unspecified atom stereocenters. The Morgan fingerprint density at radius 1 is 0.917 bits per heavy atom. The van der Waals surface area contributed by atoms with Crippen LogP contribution < -0.4 is 18.7 Å². The van der Waals surface area contributed by atoms with Crippen LogP contribution in [-0.2, 0) is 15.6 Å². The van der Waals surface area contributed by atoms with Gasteiger partial charge < -0.3 is 14.4 Å². The normalized spacial score (nSPS) is 18.0. The predicted molar refractivity (Wildman–Crippen MR) is 185 cm³/mol. The van der Waals surface area contributed by atoms with E-state index in [-0.39, 0.29) is 11.4 Å². The number of hydrogen-bond donors (Lipinski definition) is 0. The lowest BCUT2D eigenvalue weighted by molar-refractivity contribution is 0.124. The SMILES string of the molecule is CCOc1ccc(OC)cc1C1(N2CCN(c3ccnc(C)c3)CC2)CN(S(=O)(=O)c2cccc3cccnc23)c2ccc(C#N)cc21. The molecule has 0 radical (unpaired) electrons. The van der Waals surface area contributed by atoms with Crippen molar-refractivity contribution in [2.75, 3.05) is 55.6 Å². The van der Waals surface area contributed by atoms with Crippen LogP contribution >= 0.6 is 0 Å². The Morgan fingerprint density at radius 3 is 2.48 bits per heavy atom. The summed E-state index contributed by atoms with van der Waals surface area (Å²) in [5, 5.41) is 10.8. The van der Waals surface area contributed by atoms with Gasteiger partial charge >= 0.3 is 0 Å². The fraction of sp³-hybridized carbons (Fsp3) is 0.270. The summed E-state index contributed by atoms with van der Waals surface area (Å²) >= 11 is 0. The molecule has 0 N–H and O–H groups in total. The van der Waals surface area contributed by atoms with Crippen LogP contribution in [-0.4, -0.2) is 69.7 Å². The molecule has 3 aromatic carbocycles. The summed E-state index contributed by atoms with van der Waals surface area (Å²) in [5.74, 6) is 1.25. The van der Waals surface area contributed by atoms with Crippen LogP contribution in [0.15, 0.2) is 96.2 Å². The molecule has 10 nitrogen and oxygen atoms in total. The summed E-state index contributed by atoms with van der Waals surface area (Å²) in [6, 6.07) is 26.2. The number of ether oxygens (including phenoxy) is 2. The van der Waals surface area contributed by atoms with E-state index in [2.05, 4.69) is 31.9 Å². The van der Waals surface area contributed by atoms with Gasteiger partial charge in [0, 0.05) is 66.5 Å². The number of piperazine rings is 1. The average Bonchev–Trinajstić information content (AvgIpc) is 3.48. The van der Waals surface area contributed by atoms with E-state index in [1.54, 1.807) is 43.6 Å². The summed E-state index contributed by atoms with van der Waals surface area (Å²) in [6.07, 6.45) is 3.43. The Kier molecular flexibility index (Phi) is 8.15. The zero-order valence-electron chi connectivity index (χ0n) is 27.1. The van der Waals surface area contributed by atoms with Gasteiger partial charge in [-0.05, 0) is 74.5 Å². The zero-order valence-corrected chi connectivity index (χ0v) is 27.9. The first-order valence-electron chi connectivity index (χ1n) is 15.9. The van der Waals surface area contributed by atoms with Crippen LogP contribution in [0.4, 0.5) is 11.4 Å². The largest absolute Gasteiger partial charge is 0.497 e. The van der Waals surface area contributed by atoms with Crippen molar-refractivity contribution in [2.24, 2.45) is 0 Å². The zero-order chi connectivity index (χ0) is 33.5. The van der Waals surface area contributed by atoms with E-state index in [1.807, 2.05) is 62.5 Å². The van der Waals surface area contributed by atoms with Gasteiger partial charge in [-0.25, -0.2) is 8.42 Å². The summed E-state index contributed by atoms with van der Waals surface area (Å²) in [6.45, 7) is 7.02. The molecular formula is C37H36N6O4S. The van der Waals surface area contributed by atoms with Gasteiger partial charge in [0.25, 0.3) is 10.0 Å². The maximum atomic E-state index is 14.9. The van der Waals surface area contributed by atoms with Gasteiger partial charge in [-0.1, -0.05) is 18.2 Å². The number of benzene rings is 3. The molecule has 2 aliphatic rings. The Labute approximate surface area is 280 Å². The van der Waals surface area contributed by atoms with Gasteiger partial charge in [-0.3, -0.25) is 19.2 Å². The van der Waals surface area contributed by atoms with E-state index in [0.29, 0.717) is 61.1 Å². The summed E-state index contributed by atoms with van der Waals surface area (Å²) in [4.78, 5) is 13.6. The van der Waals surface area contributed by atoms with E-state index >= 15 is 0 Å². The molecule has 2 aliphatic heterocycles. The number of para-hydroxylation sites is 1. The highest BCUT2D eigenvalue weighted by molar-refractivity contribution is 7.93. The Bertz CT molecular complexity index is 2150. The molecule has 4 heterocycles. The quantitative estimate of drug-likeness (QED) is 0.213. The Morgan fingerprint density at radius 2 is 1.73 bits per heavy atom. The first-order valence-corrected chi connectivity index (χ1v) is 17.4. The van der Waals surface area contributed by atoms with Gasteiger partial charge in [-0.2, -0.15) is 5.26 Å². The molecule has 5 aromatic rings. The van der Waals surface area contributed by atoms with Crippen molar-refractivity contribution in [1.82, 2.24) is 14.9 Å². The van der Waals surface area contributed by atoms with E-state index in [1.165, 1.54) is 4.31 Å². The number of aromatic nitrogens is 2. The molecule has 0 bridgehead atoms. The number of methoxy groups -OCH3 is 1. The van der Waals surface area contributed by atoms with Crippen molar-refractivity contribution < 1.29 is 17.9 Å². The molecule has 2 aromatic heterocycles. The first-order chi connectivity index (χ1) is 23.3. The van der Waals surface area contributed by atoms with E-state index in [0.717, 1.165) is 27.9 Å². The topological polar surface area (TPSA) is 112 Å². The fourth-order valence-electron chi connectivity index (χ4n) is 7.14. The maximum Gasteiger partial charge on any atom is 0.266 e. The average molecular weight is 661 g/mol. The second-order valence-electron chi connectivity index (χ2n) is 12.0. The lowest BCUT2D eigenvalue weighted by Gasteiger charge is -2.47. The van der Waals surface area contributed by atoms with E-state index in [4.69, 9.17) is 9.47 Å². The number of aryl methyl sites for hydroxylation is 1. The van der Waals surface area contributed by atoms with Gasteiger partial charge in [0.2, 0.25) is 0 Å². The predicted octanol–water partition coefficient (Wildman–Crippen LogP) is 5.49. The van der Waals surface area contributed by atoms with Gasteiger partial charge in [-0.15, -0.1) is 0 Å². The minimum atomic E-state index is -4.14. The first kappa shape index (κ1) is 31.4. The number of sulfonamides is 1. The molecule has 1 saturated heterocycles. The number of fused-ring (bicyclic) bond motifs is 2. The highest BCUT2D eigenvalue weighted by Crippen LogP contribution is 2.53. The fourth-order valence-corrected chi connectivity index (χ4v) is 8.81. The van der Waals surface area contributed by atoms with Crippen molar-refractivity contribution in [3.63, 3.8) is 0 Å². The molecule has 0 amide bonds. The second kappa shape index (κ2) is 12.4. The Balaban J connectivity index is 1.43. The minimum Gasteiger partial charge on any atom is -0.497 e. The third-order valence-corrected chi connectivity index (χ3v) is 11.2. The number of pyridine rings is 2. The number of hydrogen-bond acceptors (Lipinski definition) is 9. The lowest BCUT2D eigenvalue weighted by Crippen LogP contribution is -2.58. The second-order valence-corrected chi connectivity index (χ2v) is 13.8. The van der Waals surface area contributed by atoms with Crippen LogP contribution in [0.1, 0.15) is 29.3 Å². The molecule has 7 rings (SSSR count). The monoisotopic (exact) mass is 660 g/mol. The van der Waals surface area contributed by atoms with Crippen LogP contribution in [0, 0.1) is 18.3 Å². The third kappa shape index (κ3) is 5.18. The molecule has 244 valence electrons. The van der Waals surface area contributed by atoms with Crippen LogP contribution in [0.2, 0.25) is 0 Å². The molecule has 1 atom stereocenters. The molecule has 1 fully saturated rings. The molecule has 0 saturated carbocycles. The molecule has 11 heteroatoms.